The molecular formula is C22H27N3O3. The summed E-state index contributed by atoms with van der Waals surface area (Å²) in [5.41, 5.74) is 3.27. The molecule has 0 bridgehead atoms. The molecule has 2 aromatic rings. The smallest absolute Gasteiger partial charge is 0.255 e. The Labute approximate surface area is 166 Å². The maximum absolute atomic E-state index is 12.6. The van der Waals surface area contributed by atoms with E-state index in [2.05, 4.69) is 10.2 Å². The topological polar surface area (TPSA) is 61.9 Å². The molecule has 0 spiro atoms. The summed E-state index contributed by atoms with van der Waals surface area (Å²) in [4.78, 5) is 28.4. The Bertz CT molecular complexity index is 847. The van der Waals surface area contributed by atoms with Crippen LogP contribution in [-0.4, -0.2) is 50.5 Å². The lowest BCUT2D eigenvalue weighted by molar-refractivity contribution is -0.118. The SMILES string of the molecule is CCC(=O)N1CCc2cc(C(=O)Nc3ccc(OCCN(C)C)cc3)ccc21. The molecule has 28 heavy (non-hydrogen) atoms. The number of amides is 2. The van der Waals surface area contributed by atoms with Crippen LogP contribution in [0.5, 0.6) is 5.75 Å². The lowest BCUT2D eigenvalue weighted by Crippen LogP contribution is -2.27. The number of nitrogens with zero attached hydrogens (tertiary/aromatic N) is 2. The number of fused-ring (bicyclic) bond motifs is 1. The van der Waals surface area contributed by atoms with Gasteiger partial charge < -0.3 is 19.9 Å². The molecule has 0 saturated carbocycles. The summed E-state index contributed by atoms with van der Waals surface area (Å²) in [7, 11) is 4.00. The fraction of sp³-hybridized carbons (Fsp3) is 0.364. The Morgan fingerprint density at radius 2 is 1.89 bits per heavy atom. The van der Waals surface area contributed by atoms with Crippen LogP contribution in [0.15, 0.2) is 42.5 Å². The van der Waals surface area contributed by atoms with Crippen molar-refractivity contribution in [3.05, 3.63) is 53.6 Å². The van der Waals surface area contributed by atoms with Gasteiger partial charge >= 0.3 is 0 Å². The Hall–Kier alpha value is -2.86. The van der Waals surface area contributed by atoms with Gasteiger partial charge in [0.15, 0.2) is 0 Å². The summed E-state index contributed by atoms with van der Waals surface area (Å²) >= 11 is 0. The van der Waals surface area contributed by atoms with Crippen molar-refractivity contribution in [2.75, 3.05) is 44.0 Å². The van der Waals surface area contributed by atoms with E-state index in [0.717, 1.165) is 30.0 Å². The van der Waals surface area contributed by atoms with Gasteiger partial charge in [0.05, 0.1) is 0 Å². The highest BCUT2D eigenvalue weighted by molar-refractivity contribution is 6.05. The van der Waals surface area contributed by atoms with Crippen molar-refractivity contribution in [1.82, 2.24) is 4.90 Å². The highest BCUT2D eigenvalue weighted by Crippen LogP contribution is 2.29. The summed E-state index contributed by atoms with van der Waals surface area (Å²) in [6.07, 6.45) is 1.26. The zero-order chi connectivity index (χ0) is 20.1. The van der Waals surface area contributed by atoms with E-state index in [9.17, 15) is 9.59 Å². The van der Waals surface area contributed by atoms with Crippen LogP contribution in [0, 0.1) is 0 Å². The number of nitrogens with one attached hydrogen (secondary N) is 1. The normalized spacial score (nSPS) is 12.8. The number of hydrogen-bond acceptors (Lipinski definition) is 4. The second kappa shape index (κ2) is 8.89. The largest absolute Gasteiger partial charge is 0.492 e. The number of hydrogen-bond donors (Lipinski definition) is 1. The summed E-state index contributed by atoms with van der Waals surface area (Å²) in [5, 5.41) is 2.91. The minimum Gasteiger partial charge on any atom is -0.492 e. The summed E-state index contributed by atoms with van der Waals surface area (Å²) in [6.45, 7) is 4.01. The lowest BCUT2D eigenvalue weighted by atomic mass is 10.1. The number of ether oxygens (including phenoxy) is 1. The number of carbonyl (C=O) groups excluding carboxylic acids is 2. The first-order valence-corrected chi connectivity index (χ1v) is 9.60. The predicted octanol–water partition coefficient (Wildman–Crippen LogP) is 3.18. The molecule has 0 aliphatic carbocycles. The van der Waals surface area contributed by atoms with Crippen LogP contribution >= 0.6 is 0 Å². The van der Waals surface area contributed by atoms with Crippen LogP contribution in [0.2, 0.25) is 0 Å². The molecule has 148 valence electrons. The molecule has 1 heterocycles. The van der Waals surface area contributed by atoms with E-state index in [1.165, 1.54) is 0 Å². The fourth-order valence-electron chi connectivity index (χ4n) is 3.18. The molecule has 0 fully saturated rings. The third kappa shape index (κ3) is 4.70. The van der Waals surface area contributed by atoms with Gasteiger partial charge in [-0.15, -0.1) is 0 Å². The molecule has 2 aromatic carbocycles. The summed E-state index contributed by atoms with van der Waals surface area (Å²) in [6, 6.07) is 12.9. The van der Waals surface area contributed by atoms with Gasteiger partial charge in [-0.25, -0.2) is 0 Å². The number of likely N-dealkylation sites (N-methyl/N-ethyl adjacent to an activating group) is 1. The lowest BCUT2D eigenvalue weighted by Gasteiger charge is -2.16. The Morgan fingerprint density at radius 3 is 2.57 bits per heavy atom. The molecular weight excluding hydrogens is 354 g/mol. The maximum Gasteiger partial charge on any atom is 0.255 e. The fourth-order valence-corrected chi connectivity index (χ4v) is 3.18. The van der Waals surface area contributed by atoms with Crippen molar-refractivity contribution in [1.29, 1.82) is 0 Å². The molecule has 0 atom stereocenters. The number of carbonyl (C=O) groups is 2. The standard InChI is InChI=1S/C22H27N3O3/c1-4-21(26)25-12-11-16-15-17(5-10-20(16)25)22(27)23-18-6-8-19(9-7-18)28-14-13-24(2)3/h5-10,15H,4,11-14H2,1-3H3,(H,23,27). The zero-order valence-corrected chi connectivity index (χ0v) is 16.7. The number of rotatable bonds is 7. The molecule has 3 rings (SSSR count). The molecule has 6 nitrogen and oxygen atoms in total. The van der Waals surface area contributed by atoms with Gasteiger partial charge in [-0.3, -0.25) is 9.59 Å². The molecule has 1 N–H and O–H groups in total. The molecule has 0 saturated heterocycles. The van der Waals surface area contributed by atoms with Crippen molar-refractivity contribution < 1.29 is 14.3 Å². The van der Waals surface area contributed by atoms with E-state index in [-0.39, 0.29) is 11.8 Å². The molecule has 0 aromatic heterocycles. The molecule has 1 aliphatic rings. The quantitative estimate of drug-likeness (QED) is 0.800. The first-order valence-electron chi connectivity index (χ1n) is 9.60. The second-order valence-corrected chi connectivity index (χ2v) is 7.12. The van der Waals surface area contributed by atoms with Gasteiger partial charge in [0.1, 0.15) is 12.4 Å². The van der Waals surface area contributed by atoms with Gasteiger partial charge in [0.2, 0.25) is 5.91 Å². The van der Waals surface area contributed by atoms with E-state index in [1.807, 2.05) is 57.4 Å². The summed E-state index contributed by atoms with van der Waals surface area (Å²) in [5.74, 6) is 0.728. The molecule has 0 radical (unpaired) electrons. The molecule has 6 heteroatoms. The highest BCUT2D eigenvalue weighted by atomic mass is 16.5. The van der Waals surface area contributed by atoms with Gasteiger partial charge in [0.25, 0.3) is 5.91 Å². The predicted molar refractivity (Wildman–Crippen MR) is 111 cm³/mol. The third-order valence-corrected chi connectivity index (χ3v) is 4.76. The van der Waals surface area contributed by atoms with E-state index in [4.69, 9.17) is 4.74 Å². The molecule has 0 unspecified atom stereocenters. The Kier molecular flexibility index (Phi) is 6.31. The van der Waals surface area contributed by atoms with Crippen molar-refractivity contribution in [2.45, 2.75) is 19.8 Å². The van der Waals surface area contributed by atoms with E-state index >= 15 is 0 Å². The van der Waals surface area contributed by atoms with Crippen LogP contribution < -0.4 is 15.0 Å². The van der Waals surface area contributed by atoms with Crippen LogP contribution in [0.4, 0.5) is 11.4 Å². The van der Waals surface area contributed by atoms with Crippen molar-refractivity contribution in [3.63, 3.8) is 0 Å². The second-order valence-electron chi connectivity index (χ2n) is 7.12. The molecule has 1 aliphatic heterocycles. The Morgan fingerprint density at radius 1 is 1.14 bits per heavy atom. The van der Waals surface area contributed by atoms with Crippen LogP contribution in [0.25, 0.3) is 0 Å². The zero-order valence-electron chi connectivity index (χ0n) is 16.7. The average Bonchev–Trinajstić information content (AvgIpc) is 3.11. The van der Waals surface area contributed by atoms with E-state index in [1.54, 1.807) is 11.0 Å². The van der Waals surface area contributed by atoms with Gasteiger partial charge in [0, 0.05) is 36.4 Å². The van der Waals surface area contributed by atoms with E-state index < -0.39 is 0 Å². The average molecular weight is 381 g/mol. The number of anilines is 2. The Balaban J connectivity index is 1.61. The minimum atomic E-state index is -0.163. The van der Waals surface area contributed by atoms with Crippen molar-refractivity contribution in [3.8, 4) is 5.75 Å². The van der Waals surface area contributed by atoms with Crippen LogP contribution in [-0.2, 0) is 11.2 Å². The first-order chi connectivity index (χ1) is 13.5. The first kappa shape index (κ1) is 19.9. The van der Waals surface area contributed by atoms with Crippen molar-refractivity contribution in [2.24, 2.45) is 0 Å². The van der Waals surface area contributed by atoms with Gasteiger partial charge in [-0.2, -0.15) is 0 Å². The van der Waals surface area contributed by atoms with Gasteiger partial charge in [-0.05, 0) is 68.5 Å². The van der Waals surface area contributed by atoms with Crippen LogP contribution in [0.1, 0.15) is 29.3 Å². The summed E-state index contributed by atoms with van der Waals surface area (Å²) < 4.78 is 5.66. The molecule has 2 amide bonds. The van der Waals surface area contributed by atoms with Crippen molar-refractivity contribution >= 4 is 23.2 Å². The third-order valence-electron chi connectivity index (χ3n) is 4.76. The van der Waals surface area contributed by atoms with Crippen LogP contribution in [0.3, 0.4) is 0 Å². The minimum absolute atomic E-state index is 0.115. The maximum atomic E-state index is 12.6. The van der Waals surface area contributed by atoms with E-state index in [0.29, 0.717) is 30.8 Å². The monoisotopic (exact) mass is 381 g/mol. The van der Waals surface area contributed by atoms with Gasteiger partial charge in [-0.1, -0.05) is 6.92 Å². The highest BCUT2D eigenvalue weighted by Gasteiger charge is 2.24. The number of benzene rings is 2.